The van der Waals surface area contributed by atoms with Crippen molar-refractivity contribution in [1.82, 2.24) is 10.2 Å². The Bertz CT molecular complexity index is 397. The van der Waals surface area contributed by atoms with E-state index in [-0.39, 0.29) is 13.0 Å². The molecule has 1 aliphatic heterocycles. The zero-order chi connectivity index (χ0) is 14.8. The average molecular weight is 282 g/mol. The lowest BCUT2D eigenvalue weighted by Gasteiger charge is -2.18. The quantitative estimate of drug-likeness (QED) is 0.759. The number of carboxylic acid groups (broad SMARTS) is 1. The van der Waals surface area contributed by atoms with Crippen molar-refractivity contribution in [2.24, 2.45) is 5.92 Å². The molecule has 108 valence electrons. The normalized spacial score (nSPS) is 21.4. The zero-order valence-corrected chi connectivity index (χ0v) is 10.0. The van der Waals surface area contributed by atoms with Crippen molar-refractivity contribution in [3.8, 4) is 0 Å². The van der Waals surface area contributed by atoms with Crippen molar-refractivity contribution in [2.45, 2.75) is 25.6 Å². The van der Waals surface area contributed by atoms with E-state index in [1.807, 2.05) is 0 Å². The first kappa shape index (κ1) is 15.3. The summed E-state index contributed by atoms with van der Waals surface area (Å²) in [7, 11) is 0. The van der Waals surface area contributed by atoms with Crippen molar-refractivity contribution in [2.75, 3.05) is 13.1 Å². The Morgan fingerprint density at radius 1 is 1.53 bits per heavy atom. The largest absolute Gasteiger partial charge is 0.480 e. The molecule has 1 rings (SSSR count). The lowest BCUT2D eigenvalue weighted by atomic mass is 10.1. The van der Waals surface area contributed by atoms with Gasteiger partial charge in [0.05, 0.1) is 5.92 Å². The van der Waals surface area contributed by atoms with Gasteiger partial charge in [-0.1, -0.05) is 0 Å². The van der Waals surface area contributed by atoms with E-state index in [1.165, 1.54) is 6.92 Å². The minimum absolute atomic E-state index is 0.339. The standard InChI is InChI=1S/C10H13F3N2O4/c1-5(9(18)19)14-8(17)6-2-7(16)15(3-6)4-10(11,12)13/h5-6H,2-4H2,1H3,(H,14,17)(H,18,19)/t5-,6?/m0/s1. The van der Waals surface area contributed by atoms with Gasteiger partial charge in [0.15, 0.2) is 0 Å². The van der Waals surface area contributed by atoms with Crippen LogP contribution in [0, 0.1) is 5.92 Å². The van der Waals surface area contributed by atoms with Crippen LogP contribution in [0.3, 0.4) is 0 Å². The van der Waals surface area contributed by atoms with E-state index in [0.717, 1.165) is 0 Å². The van der Waals surface area contributed by atoms with Gasteiger partial charge < -0.3 is 15.3 Å². The number of nitrogens with zero attached hydrogens (tertiary/aromatic N) is 1. The summed E-state index contributed by atoms with van der Waals surface area (Å²) in [5.74, 6) is -3.70. The Morgan fingerprint density at radius 3 is 2.58 bits per heavy atom. The van der Waals surface area contributed by atoms with Gasteiger partial charge in [0.1, 0.15) is 12.6 Å². The van der Waals surface area contributed by atoms with Crippen LogP contribution in [0.25, 0.3) is 0 Å². The predicted molar refractivity (Wildman–Crippen MR) is 56.0 cm³/mol. The predicted octanol–water partition coefficient (Wildman–Crippen LogP) is -0.0135. The third-order valence-electron chi connectivity index (χ3n) is 2.68. The van der Waals surface area contributed by atoms with Crippen LogP contribution < -0.4 is 5.32 Å². The van der Waals surface area contributed by atoms with Gasteiger partial charge in [0.2, 0.25) is 11.8 Å². The number of nitrogens with one attached hydrogen (secondary N) is 1. The number of carboxylic acids is 1. The highest BCUT2D eigenvalue weighted by molar-refractivity contribution is 5.91. The van der Waals surface area contributed by atoms with Gasteiger partial charge in [-0.15, -0.1) is 0 Å². The highest BCUT2D eigenvalue weighted by Crippen LogP contribution is 2.23. The van der Waals surface area contributed by atoms with Gasteiger partial charge in [-0.2, -0.15) is 13.2 Å². The van der Waals surface area contributed by atoms with E-state index in [2.05, 4.69) is 5.32 Å². The minimum Gasteiger partial charge on any atom is -0.480 e. The molecule has 6 nitrogen and oxygen atoms in total. The number of carbonyl (C=O) groups excluding carboxylic acids is 2. The molecule has 0 spiro atoms. The van der Waals surface area contributed by atoms with Gasteiger partial charge in [0, 0.05) is 13.0 Å². The SMILES string of the molecule is C[C@H](NC(=O)C1CC(=O)N(CC(F)(F)F)C1)C(=O)O. The van der Waals surface area contributed by atoms with Crippen LogP contribution in [0.15, 0.2) is 0 Å². The molecule has 1 aliphatic rings. The number of rotatable bonds is 4. The monoisotopic (exact) mass is 282 g/mol. The van der Waals surface area contributed by atoms with Gasteiger partial charge in [-0.05, 0) is 6.92 Å². The minimum atomic E-state index is -4.52. The molecule has 0 bridgehead atoms. The van der Waals surface area contributed by atoms with Crippen molar-refractivity contribution in [1.29, 1.82) is 0 Å². The van der Waals surface area contributed by atoms with E-state index in [9.17, 15) is 27.6 Å². The maximum absolute atomic E-state index is 12.2. The third-order valence-corrected chi connectivity index (χ3v) is 2.68. The Hall–Kier alpha value is -1.80. The number of hydrogen-bond acceptors (Lipinski definition) is 3. The summed E-state index contributed by atoms with van der Waals surface area (Å²) in [6, 6.07) is -1.15. The third kappa shape index (κ3) is 4.42. The summed E-state index contributed by atoms with van der Waals surface area (Å²) in [4.78, 5) is 34.0. The number of likely N-dealkylation sites (tertiary alicyclic amines) is 1. The molecule has 0 radical (unpaired) electrons. The summed E-state index contributed by atoms with van der Waals surface area (Å²) in [5, 5.41) is 10.7. The van der Waals surface area contributed by atoms with Crippen LogP contribution in [0.4, 0.5) is 13.2 Å². The molecule has 2 atom stereocenters. The van der Waals surface area contributed by atoms with Crippen LogP contribution >= 0.6 is 0 Å². The topological polar surface area (TPSA) is 86.7 Å². The molecule has 2 N–H and O–H groups in total. The van der Waals surface area contributed by atoms with E-state index in [0.29, 0.717) is 4.90 Å². The second-order valence-corrected chi connectivity index (χ2v) is 4.36. The van der Waals surface area contributed by atoms with Crippen LogP contribution in [0.5, 0.6) is 0 Å². The molecule has 0 aromatic heterocycles. The van der Waals surface area contributed by atoms with Crippen molar-refractivity contribution in [3.05, 3.63) is 0 Å². The lowest BCUT2D eigenvalue weighted by Crippen LogP contribution is -2.42. The zero-order valence-electron chi connectivity index (χ0n) is 10.0. The summed E-state index contributed by atoms with van der Waals surface area (Å²) < 4.78 is 36.5. The Labute approximate surface area is 106 Å². The van der Waals surface area contributed by atoms with Gasteiger partial charge in [-0.25, -0.2) is 0 Å². The number of carbonyl (C=O) groups is 3. The molecule has 1 heterocycles. The summed E-state index contributed by atoms with van der Waals surface area (Å²) in [6.07, 6.45) is -4.86. The molecule has 2 amide bonds. The Kier molecular flexibility index (Phi) is 4.38. The molecule has 19 heavy (non-hydrogen) atoms. The molecule has 0 saturated carbocycles. The molecule has 0 aromatic carbocycles. The second kappa shape index (κ2) is 5.45. The first-order valence-corrected chi connectivity index (χ1v) is 5.48. The molecule has 9 heteroatoms. The smallest absolute Gasteiger partial charge is 0.406 e. The lowest BCUT2D eigenvalue weighted by molar-refractivity contribution is -0.157. The number of aliphatic carboxylic acids is 1. The summed E-state index contributed by atoms with van der Waals surface area (Å²) in [6.45, 7) is -0.523. The van der Waals surface area contributed by atoms with E-state index < -0.39 is 42.5 Å². The van der Waals surface area contributed by atoms with E-state index in [4.69, 9.17) is 5.11 Å². The fourth-order valence-corrected chi connectivity index (χ4v) is 1.71. The average Bonchev–Trinajstić information content (AvgIpc) is 2.57. The van der Waals surface area contributed by atoms with Gasteiger partial charge in [0.25, 0.3) is 0 Å². The van der Waals surface area contributed by atoms with Crippen molar-refractivity contribution in [3.63, 3.8) is 0 Å². The fraction of sp³-hybridized carbons (Fsp3) is 0.700. The molecule has 1 unspecified atom stereocenters. The molecule has 0 aliphatic carbocycles. The Morgan fingerprint density at radius 2 is 2.11 bits per heavy atom. The number of alkyl halides is 3. The van der Waals surface area contributed by atoms with E-state index in [1.54, 1.807) is 0 Å². The Balaban J connectivity index is 2.57. The highest BCUT2D eigenvalue weighted by Gasteiger charge is 2.40. The van der Waals surface area contributed by atoms with E-state index >= 15 is 0 Å². The summed E-state index contributed by atoms with van der Waals surface area (Å²) >= 11 is 0. The van der Waals surface area contributed by atoms with Crippen LogP contribution in [0.2, 0.25) is 0 Å². The molecule has 0 aromatic rings. The molecule has 1 saturated heterocycles. The first-order chi connectivity index (χ1) is 8.60. The van der Waals surface area contributed by atoms with Crippen LogP contribution in [-0.2, 0) is 14.4 Å². The summed E-state index contributed by atoms with van der Waals surface area (Å²) in [5.41, 5.74) is 0. The van der Waals surface area contributed by atoms with Crippen molar-refractivity contribution < 1.29 is 32.7 Å². The fourth-order valence-electron chi connectivity index (χ4n) is 1.71. The first-order valence-electron chi connectivity index (χ1n) is 5.48. The van der Waals surface area contributed by atoms with Crippen LogP contribution in [-0.4, -0.2) is 53.1 Å². The van der Waals surface area contributed by atoms with Crippen LogP contribution in [0.1, 0.15) is 13.3 Å². The number of halogens is 3. The maximum atomic E-state index is 12.2. The number of amides is 2. The van der Waals surface area contributed by atoms with Crippen molar-refractivity contribution >= 4 is 17.8 Å². The van der Waals surface area contributed by atoms with Gasteiger partial charge in [-0.3, -0.25) is 14.4 Å². The molecule has 1 fully saturated rings. The molecular formula is C10H13F3N2O4. The maximum Gasteiger partial charge on any atom is 0.406 e. The second-order valence-electron chi connectivity index (χ2n) is 4.36. The number of hydrogen-bond donors (Lipinski definition) is 2. The van der Waals surface area contributed by atoms with Gasteiger partial charge >= 0.3 is 12.1 Å². The molecular weight excluding hydrogens is 269 g/mol. The highest BCUT2D eigenvalue weighted by atomic mass is 19.4.